The van der Waals surface area contributed by atoms with Crippen LogP contribution >= 0.6 is 0 Å². The molecular weight excluding hydrogens is 367 g/mol. The van der Waals surface area contributed by atoms with Crippen LogP contribution in [0.4, 0.5) is 21.6 Å². The summed E-state index contributed by atoms with van der Waals surface area (Å²) in [6.45, 7) is 3.72. The summed E-state index contributed by atoms with van der Waals surface area (Å²) in [5.41, 5.74) is 11.1. The summed E-state index contributed by atoms with van der Waals surface area (Å²) in [6, 6.07) is 14.2. The molecule has 148 valence electrons. The third-order valence-corrected chi connectivity index (χ3v) is 6.05. The number of aromatic nitrogens is 3. The summed E-state index contributed by atoms with van der Waals surface area (Å²) >= 11 is 0. The molecule has 0 aliphatic carbocycles. The van der Waals surface area contributed by atoms with Crippen LogP contribution in [0.1, 0.15) is 18.4 Å². The second-order valence-corrected chi connectivity index (χ2v) is 7.85. The van der Waals surface area contributed by atoms with Gasteiger partial charge in [0, 0.05) is 48.7 Å². The van der Waals surface area contributed by atoms with Gasteiger partial charge < -0.3 is 15.5 Å². The number of nitrogen functional groups attached to an aromatic ring is 1. The van der Waals surface area contributed by atoms with Gasteiger partial charge in [-0.05, 0) is 37.5 Å². The fraction of sp³-hybridized carbons (Fsp3) is 0.318. The van der Waals surface area contributed by atoms with Crippen LogP contribution in [0.2, 0.25) is 0 Å². The molecule has 0 saturated carbocycles. The average molecular weight is 390 g/mol. The Kier molecular flexibility index (Phi) is 4.30. The summed E-state index contributed by atoms with van der Waals surface area (Å²) in [5.74, 6) is 0.0138. The number of nitrogens with two attached hydrogens (primary N) is 1. The van der Waals surface area contributed by atoms with Crippen LogP contribution < -0.4 is 15.5 Å². The maximum absolute atomic E-state index is 13.6. The summed E-state index contributed by atoms with van der Waals surface area (Å²) in [5, 5.41) is 8.58. The van der Waals surface area contributed by atoms with Crippen molar-refractivity contribution in [2.45, 2.75) is 31.8 Å². The number of hydrogen-bond donors (Lipinski definition) is 1. The molecule has 0 amide bonds. The zero-order valence-corrected chi connectivity index (χ0v) is 16.3. The topological polar surface area (TPSA) is 71.2 Å². The number of fused-ring (bicyclic) bond motifs is 2. The van der Waals surface area contributed by atoms with Gasteiger partial charge in [0.25, 0.3) is 0 Å². The Balaban J connectivity index is 1.45. The van der Waals surface area contributed by atoms with Gasteiger partial charge in [0.2, 0.25) is 5.95 Å². The van der Waals surface area contributed by atoms with Crippen LogP contribution in [0, 0.1) is 12.9 Å². The van der Waals surface area contributed by atoms with E-state index in [1.165, 1.54) is 12.3 Å². The van der Waals surface area contributed by atoms with E-state index in [1.807, 2.05) is 24.3 Å². The smallest absolute Gasteiger partial charge is 0.214 e. The molecule has 0 radical (unpaired) electrons. The molecule has 2 N–H and O–H groups in total. The third-order valence-electron chi connectivity index (χ3n) is 6.05. The zero-order chi connectivity index (χ0) is 20.0. The number of piperazine rings is 1. The number of hydrogen-bond acceptors (Lipinski definition) is 6. The van der Waals surface area contributed by atoms with Crippen molar-refractivity contribution in [2.24, 2.45) is 0 Å². The Hall–Kier alpha value is -3.22. The molecule has 2 aliphatic rings. The van der Waals surface area contributed by atoms with Gasteiger partial charge in [-0.15, -0.1) is 10.2 Å². The lowest BCUT2D eigenvalue weighted by Crippen LogP contribution is -2.54. The lowest BCUT2D eigenvalue weighted by molar-refractivity contribution is 0.529. The van der Waals surface area contributed by atoms with Gasteiger partial charge in [0.05, 0.1) is 11.4 Å². The Bertz CT molecular complexity index is 1040. The molecule has 2 unspecified atom stereocenters. The van der Waals surface area contributed by atoms with Gasteiger partial charge >= 0.3 is 0 Å². The van der Waals surface area contributed by atoms with Gasteiger partial charge in [-0.3, -0.25) is 0 Å². The predicted molar refractivity (Wildman–Crippen MR) is 112 cm³/mol. The highest BCUT2D eigenvalue weighted by Crippen LogP contribution is 2.38. The van der Waals surface area contributed by atoms with Crippen molar-refractivity contribution in [1.29, 1.82) is 0 Å². The van der Waals surface area contributed by atoms with E-state index in [9.17, 15) is 4.39 Å². The quantitative estimate of drug-likeness (QED) is 0.691. The van der Waals surface area contributed by atoms with Crippen LogP contribution in [0.25, 0.3) is 11.3 Å². The number of nitrogens with zero attached hydrogens (tertiary/aromatic N) is 5. The molecule has 29 heavy (non-hydrogen) atoms. The van der Waals surface area contributed by atoms with Gasteiger partial charge in [-0.2, -0.15) is 4.39 Å². The van der Waals surface area contributed by atoms with Crippen LogP contribution in [0.15, 0.2) is 48.7 Å². The highest BCUT2D eigenvalue weighted by Gasteiger charge is 2.40. The van der Waals surface area contributed by atoms with E-state index in [-0.39, 0.29) is 0 Å². The molecule has 2 aliphatic heterocycles. The van der Waals surface area contributed by atoms with E-state index in [1.54, 1.807) is 0 Å². The molecule has 2 saturated heterocycles. The molecule has 2 atom stereocenters. The van der Waals surface area contributed by atoms with Crippen LogP contribution in [-0.2, 0) is 0 Å². The van der Waals surface area contributed by atoms with Crippen molar-refractivity contribution in [3.63, 3.8) is 0 Å². The molecule has 2 aromatic heterocycles. The van der Waals surface area contributed by atoms with E-state index in [2.05, 4.69) is 44.0 Å². The number of pyridine rings is 1. The lowest BCUT2D eigenvalue weighted by Gasteiger charge is -2.43. The Morgan fingerprint density at radius 3 is 2.52 bits per heavy atom. The normalized spacial score (nSPS) is 20.9. The van der Waals surface area contributed by atoms with E-state index >= 15 is 0 Å². The summed E-state index contributed by atoms with van der Waals surface area (Å²) in [6.07, 6.45) is 3.69. The van der Waals surface area contributed by atoms with Crippen molar-refractivity contribution in [3.8, 4) is 11.3 Å². The Morgan fingerprint density at radius 1 is 1.03 bits per heavy atom. The molecule has 7 heteroatoms. The van der Waals surface area contributed by atoms with E-state index in [4.69, 9.17) is 5.73 Å². The van der Waals surface area contributed by atoms with Crippen molar-refractivity contribution < 1.29 is 4.39 Å². The molecule has 4 heterocycles. The molecule has 6 nitrogen and oxygen atoms in total. The molecule has 5 rings (SSSR count). The van der Waals surface area contributed by atoms with Crippen LogP contribution in [0.5, 0.6) is 0 Å². The summed E-state index contributed by atoms with van der Waals surface area (Å²) in [7, 11) is 0. The second kappa shape index (κ2) is 6.99. The average Bonchev–Trinajstić information content (AvgIpc) is 2.98. The fourth-order valence-electron chi connectivity index (χ4n) is 4.71. The Morgan fingerprint density at radius 2 is 1.79 bits per heavy atom. The van der Waals surface area contributed by atoms with E-state index in [0.29, 0.717) is 17.9 Å². The predicted octanol–water partition coefficient (Wildman–Crippen LogP) is 3.43. The molecule has 2 bridgehead atoms. The Labute approximate surface area is 169 Å². The monoisotopic (exact) mass is 390 g/mol. The first-order chi connectivity index (χ1) is 14.1. The minimum absolute atomic E-state index is 0.310. The van der Waals surface area contributed by atoms with Crippen molar-refractivity contribution in [3.05, 3.63) is 60.2 Å². The van der Waals surface area contributed by atoms with Gasteiger partial charge in [0.15, 0.2) is 5.82 Å². The van der Waals surface area contributed by atoms with Gasteiger partial charge in [0.1, 0.15) is 0 Å². The van der Waals surface area contributed by atoms with Crippen molar-refractivity contribution in [2.75, 3.05) is 28.6 Å². The molecule has 2 fully saturated rings. The number of aryl methyl sites for hydroxylation is 1. The maximum atomic E-state index is 13.6. The molecule has 0 spiro atoms. The van der Waals surface area contributed by atoms with E-state index < -0.39 is 5.95 Å². The van der Waals surface area contributed by atoms with Crippen molar-refractivity contribution >= 4 is 17.2 Å². The van der Waals surface area contributed by atoms with Crippen LogP contribution in [0.3, 0.4) is 0 Å². The number of benzene rings is 1. The highest BCUT2D eigenvalue weighted by atomic mass is 19.1. The molecule has 1 aromatic carbocycles. The second-order valence-electron chi connectivity index (χ2n) is 7.85. The SMILES string of the molecule is Cc1ccccc1-c1cc(N2CC3CCC(C2)N3c2ccnc(F)c2)c(N)nn1. The minimum atomic E-state index is -0.435. The summed E-state index contributed by atoms with van der Waals surface area (Å²) in [4.78, 5) is 8.34. The zero-order valence-electron chi connectivity index (χ0n) is 16.3. The van der Waals surface area contributed by atoms with E-state index in [0.717, 1.165) is 54.1 Å². The fourth-order valence-corrected chi connectivity index (χ4v) is 4.71. The number of halogens is 1. The first-order valence-electron chi connectivity index (χ1n) is 9.94. The summed E-state index contributed by atoms with van der Waals surface area (Å²) < 4.78 is 13.6. The number of anilines is 3. The van der Waals surface area contributed by atoms with Crippen molar-refractivity contribution in [1.82, 2.24) is 15.2 Å². The standard InChI is InChI=1S/C22H23FN6/c1-14-4-2-3-5-18(14)19-11-20(22(24)27-26-19)28-12-16-6-7-17(13-28)29(16)15-8-9-25-21(23)10-15/h2-5,8-11,16-17H,6-7,12-13H2,1H3,(H2,24,27). The lowest BCUT2D eigenvalue weighted by atomic mass is 10.0. The number of rotatable bonds is 3. The third kappa shape index (κ3) is 3.16. The highest BCUT2D eigenvalue weighted by molar-refractivity contribution is 5.73. The first kappa shape index (κ1) is 17.8. The van der Waals surface area contributed by atoms with Gasteiger partial charge in [-0.1, -0.05) is 24.3 Å². The minimum Gasteiger partial charge on any atom is -0.380 e. The van der Waals surface area contributed by atoms with Crippen LogP contribution in [-0.4, -0.2) is 40.4 Å². The van der Waals surface area contributed by atoms with Gasteiger partial charge in [-0.25, -0.2) is 4.98 Å². The largest absolute Gasteiger partial charge is 0.380 e. The molecular formula is C22H23FN6. The molecule has 3 aromatic rings. The maximum Gasteiger partial charge on any atom is 0.214 e. The first-order valence-corrected chi connectivity index (χ1v) is 9.94.